The topological polar surface area (TPSA) is 97.0 Å². The van der Waals surface area contributed by atoms with Crippen molar-refractivity contribution in [2.75, 3.05) is 6.54 Å². The number of para-hydroxylation sites is 1. The number of fused-ring (bicyclic) bond motifs is 1. The van der Waals surface area contributed by atoms with Crippen LogP contribution in [0.1, 0.15) is 58.1 Å². The smallest absolute Gasteiger partial charge is 0.231 e. The largest absolute Gasteiger partial charge is 0.490 e. The van der Waals surface area contributed by atoms with Gasteiger partial charge in [0.15, 0.2) is 5.96 Å². The Labute approximate surface area is 171 Å². The molecule has 1 fully saturated rings. The molecule has 0 spiro atoms. The highest BCUT2D eigenvalue weighted by atomic mass is 16.5. The van der Waals surface area contributed by atoms with Crippen LogP contribution in [0.25, 0.3) is 0 Å². The van der Waals surface area contributed by atoms with Crippen LogP contribution in [0.5, 0.6) is 5.75 Å². The Hall–Kier alpha value is -2.57. The number of nitrogens with two attached hydrogens (primary N) is 1. The zero-order chi connectivity index (χ0) is 20.8. The minimum atomic E-state index is -0.454. The van der Waals surface area contributed by atoms with Crippen LogP contribution in [0.2, 0.25) is 0 Å². The number of nitrogens with one attached hydrogen (secondary N) is 1. The number of hydrogen-bond acceptors (Lipinski definition) is 5. The van der Waals surface area contributed by atoms with Gasteiger partial charge in [0.05, 0.1) is 18.0 Å². The van der Waals surface area contributed by atoms with Crippen molar-refractivity contribution in [2.45, 2.75) is 64.1 Å². The number of aliphatic imine (C=N–C) groups is 1. The summed E-state index contributed by atoms with van der Waals surface area (Å²) in [6, 6.07) is 7.86. The molecule has 1 aliphatic carbocycles. The molecule has 29 heavy (non-hydrogen) atoms. The van der Waals surface area contributed by atoms with Gasteiger partial charge in [0.1, 0.15) is 11.9 Å². The summed E-state index contributed by atoms with van der Waals surface area (Å²) in [5.41, 5.74) is 6.60. The number of amides is 2. The van der Waals surface area contributed by atoms with Gasteiger partial charge in [-0.1, -0.05) is 25.1 Å². The summed E-state index contributed by atoms with van der Waals surface area (Å²) >= 11 is 0. The average Bonchev–Trinajstić information content (AvgIpc) is 3.43. The summed E-state index contributed by atoms with van der Waals surface area (Å²) in [6.45, 7) is 6.36. The number of benzene rings is 1. The Bertz CT molecular complexity index is 850. The van der Waals surface area contributed by atoms with Gasteiger partial charge < -0.3 is 15.8 Å². The number of carbonyl (C=O) groups excluding carboxylic acids is 2. The van der Waals surface area contributed by atoms with E-state index < -0.39 is 5.54 Å². The summed E-state index contributed by atoms with van der Waals surface area (Å²) in [5, 5.41) is 3.22. The molecule has 2 heterocycles. The van der Waals surface area contributed by atoms with E-state index in [-0.39, 0.29) is 41.8 Å². The van der Waals surface area contributed by atoms with Gasteiger partial charge in [0, 0.05) is 24.4 Å². The first-order chi connectivity index (χ1) is 13.8. The highest BCUT2D eigenvalue weighted by Crippen LogP contribution is 2.42. The third-order valence-corrected chi connectivity index (χ3v) is 6.11. The third-order valence-electron chi connectivity index (χ3n) is 6.11. The van der Waals surface area contributed by atoms with Gasteiger partial charge in [-0.2, -0.15) is 0 Å². The van der Waals surface area contributed by atoms with E-state index in [1.165, 1.54) is 0 Å². The Morgan fingerprint density at radius 1 is 1.34 bits per heavy atom. The molecule has 4 atom stereocenters. The average molecular weight is 399 g/mol. The van der Waals surface area contributed by atoms with Crippen molar-refractivity contribution in [3.8, 4) is 5.75 Å². The van der Waals surface area contributed by atoms with Gasteiger partial charge in [-0.3, -0.25) is 14.5 Å². The Morgan fingerprint density at radius 2 is 2.10 bits per heavy atom. The van der Waals surface area contributed by atoms with Crippen LogP contribution in [-0.4, -0.2) is 40.9 Å². The fourth-order valence-electron chi connectivity index (χ4n) is 4.36. The van der Waals surface area contributed by atoms with Gasteiger partial charge in [0.25, 0.3) is 0 Å². The zero-order valence-corrected chi connectivity index (χ0v) is 17.4. The van der Waals surface area contributed by atoms with Crippen molar-refractivity contribution in [1.29, 1.82) is 0 Å². The van der Waals surface area contributed by atoms with E-state index in [4.69, 9.17) is 10.5 Å². The second-order valence-corrected chi connectivity index (χ2v) is 9.05. The molecule has 0 bridgehead atoms. The molecule has 2 aliphatic heterocycles. The number of hydrogen-bond donors (Lipinski definition) is 2. The highest BCUT2D eigenvalue weighted by Gasteiger charge is 2.46. The molecule has 7 heteroatoms. The van der Waals surface area contributed by atoms with Crippen LogP contribution >= 0.6 is 0 Å². The molecule has 0 aromatic heterocycles. The van der Waals surface area contributed by atoms with Gasteiger partial charge in [-0.05, 0) is 38.7 Å². The second kappa shape index (κ2) is 7.35. The predicted molar refractivity (Wildman–Crippen MR) is 110 cm³/mol. The number of ether oxygens (including phenoxy) is 1. The quantitative estimate of drug-likeness (QED) is 0.796. The summed E-state index contributed by atoms with van der Waals surface area (Å²) in [6.07, 6.45) is 2.90. The molecule has 0 saturated heterocycles. The van der Waals surface area contributed by atoms with E-state index in [2.05, 4.69) is 17.2 Å². The fraction of sp³-hybridized carbons (Fsp3) is 0.591. The van der Waals surface area contributed by atoms with E-state index in [0.717, 1.165) is 30.6 Å². The molecule has 1 aromatic rings. The first-order valence-corrected chi connectivity index (χ1v) is 10.5. The van der Waals surface area contributed by atoms with Crippen LogP contribution in [0, 0.1) is 11.8 Å². The molecule has 3 aliphatic rings. The lowest BCUT2D eigenvalue weighted by molar-refractivity contribution is -0.130. The van der Waals surface area contributed by atoms with Crippen molar-refractivity contribution >= 4 is 17.8 Å². The molecule has 1 aromatic carbocycles. The van der Waals surface area contributed by atoms with Crippen molar-refractivity contribution in [1.82, 2.24) is 10.2 Å². The number of nitrogens with zero attached hydrogens (tertiary/aromatic N) is 2. The van der Waals surface area contributed by atoms with Crippen molar-refractivity contribution < 1.29 is 14.3 Å². The van der Waals surface area contributed by atoms with E-state index in [1.54, 1.807) is 4.90 Å². The Kier molecular flexibility index (Phi) is 5.00. The van der Waals surface area contributed by atoms with Gasteiger partial charge in [-0.25, -0.2) is 4.99 Å². The van der Waals surface area contributed by atoms with Crippen LogP contribution in [0.4, 0.5) is 0 Å². The van der Waals surface area contributed by atoms with E-state index in [1.807, 2.05) is 38.1 Å². The molecular weight excluding hydrogens is 368 g/mol. The highest BCUT2D eigenvalue weighted by molar-refractivity contribution is 5.99. The van der Waals surface area contributed by atoms with Gasteiger partial charge >= 0.3 is 0 Å². The Morgan fingerprint density at radius 3 is 2.83 bits per heavy atom. The van der Waals surface area contributed by atoms with Crippen molar-refractivity contribution in [2.24, 2.45) is 22.6 Å². The normalized spacial score (nSPS) is 30.1. The second-order valence-electron chi connectivity index (χ2n) is 9.05. The summed E-state index contributed by atoms with van der Waals surface area (Å²) in [5.74, 6) is 1.20. The minimum absolute atomic E-state index is 0.0160. The third kappa shape index (κ3) is 4.09. The molecule has 3 unspecified atom stereocenters. The molecule has 1 saturated carbocycles. The molecule has 0 radical (unpaired) electrons. The predicted octanol–water partition coefficient (Wildman–Crippen LogP) is 2.37. The fourth-order valence-corrected chi connectivity index (χ4v) is 4.36. The maximum absolute atomic E-state index is 12.9. The lowest BCUT2D eigenvalue weighted by atomic mass is 9.95. The SMILES string of the molecule is CCC1CC(NC(=O)[C@@H]2CC2CN2C(=O)CC(C)(C)N=C2N)c2ccccc2O1. The summed E-state index contributed by atoms with van der Waals surface area (Å²) in [7, 11) is 0. The van der Waals surface area contributed by atoms with Crippen LogP contribution in [0.3, 0.4) is 0 Å². The van der Waals surface area contributed by atoms with E-state index in [0.29, 0.717) is 13.0 Å². The minimum Gasteiger partial charge on any atom is -0.490 e. The zero-order valence-electron chi connectivity index (χ0n) is 17.4. The lowest BCUT2D eigenvalue weighted by Gasteiger charge is -2.33. The van der Waals surface area contributed by atoms with E-state index in [9.17, 15) is 9.59 Å². The first kappa shape index (κ1) is 19.7. The molecule has 4 rings (SSSR count). The maximum atomic E-state index is 12.9. The molecule has 3 N–H and O–H groups in total. The number of carbonyl (C=O) groups is 2. The van der Waals surface area contributed by atoms with Crippen LogP contribution < -0.4 is 15.8 Å². The van der Waals surface area contributed by atoms with Crippen molar-refractivity contribution in [3.63, 3.8) is 0 Å². The number of guanidine groups is 1. The molecule has 7 nitrogen and oxygen atoms in total. The Balaban J connectivity index is 1.38. The lowest BCUT2D eigenvalue weighted by Crippen LogP contribution is -2.50. The maximum Gasteiger partial charge on any atom is 0.231 e. The van der Waals surface area contributed by atoms with Crippen LogP contribution in [-0.2, 0) is 9.59 Å². The van der Waals surface area contributed by atoms with Crippen LogP contribution in [0.15, 0.2) is 29.3 Å². The summed E-state index contributed by atoms with van der Waals surface area (Å²) in [4.78, 5) is 31.3. The van der Waals surface area contributed by atoms with Gasteiger partial charge in [0.2, 0.25) is 11.8 Å². The first-order valence-electron chi connectivity index (χ1n) is 10.5. The van der Waals surface area contributed by atoms with Gasteiger partial charge in [-0.15, -0.1) is 0 Å². The number of rotatable bonds is 5. The molecule has 2 amide bonds. The monoisotopic (exact) mass is 398 g/mol. The standard InChI is InChI=1S/C22H30N4O3/c1-4-14-10-17(15-7-5-6-8-18(15)29-14)24-20(28)16-9-13(16)12-26-19(27)11-22(2,3)25-21(26)23/h5-8,13-14,16-17H,4,9-12H2,1-3H3,(H2,23,25)(H,24,28)/t13?,14?,16-,17?/m1/s1. The summed E-state index contributed by atoms with van der Waals surface area (Å²) < 4.78 is 6.01. The van der Waals surface area contributed by atoms with Crippen molar-refractivity contribution in [3.05, 3.63) is 29.8 Å². The molecular formula is C22H30N4O3. The van der Waals surface area contributed by atoms with E-state index >= 15 is 0 Å². The molecule has 156 valence electrons.